The molecule has 0 aliphatic carbocycles. The lowest BCUT2D eigenvalue weighted by molar-refractivity contribution is -0.403. The van der Waals surface area contributed by atoms with Crippen LogP contribution in [-0.2, 0) is 11.2 Å². The Morgan fingerprint density at radius 2 is 1.28 bits per heavy atom. The van der Waals surface area contributed by atoms with Gasteiger partial charge in [-0.15, -0.1) is 0 Å². The van der Waals surface area contributed by atoms with E-state index in [0.717, 1.165) is 18.5 Å². The quantitative estimate of drug-likeness (QED) is 0.296. The zero-order chi connectivity index (χ0) is 21.2. The standard InChI is InChI=1S/C25H44N2O2/c1-2-3-4-5-6-7-8-9-10-11-12-13-14-15-20-27-25(29)24(26)21-22-16-18-23(28)19-17-22/h16-19,24,28H,2-15,20-21,26H2,1H3,(H,27,29)/p+1/t24-/m0/s1. The van der Waals surface area contributed by atoms with Crippen molar-refractivity contribution in [3.05, 3.63) is 29.8 Å². The minimum absolute atomic E-state index is 0.0211. The molecule has 166 valence electrons. The summed E-state index contributed by atoms with van der Waals surface area (Å²) in [6.45, 7) is 3.02. The van der Waals surface area contributed by atoms with Crippen LogP contribution in [0.3, 0.4) is 0 Å². The van der Waals surface area contributed by atoms with Crippen LogP contribution in [-0.4, -0.2) is 23.6 Å². The molecule has 1 aromatic carbocycles. The highest BCUT2D eigenvalue weighted by Gasteiger charge is 2.17. The van der Waals surface area contributed by atoms with Crippen molar-refractivity contribution in [2.75, 3.05) is 6.54 Å². The van der Waals surface area contributed by atoms with Crippen LogP contribution in [0.4, 0.5) is 0 Å². The summed E-state index contributed by atoms with van der Waals surface area (Å²) in [6.07, 6.45) is 19.4. The number of benzene rings is 1. The van der Waals surface area contributed by atoms with E-state index >= 15 is 0 Å². The van der Waals surface area contributed by atoms with Gasteiger partial charge in [-0.25, -0.2) is 0 Å². The van der Waals surface area contributed by atoms with Gasteiger partial charge in [0, 0.05) is 13.0 Å². The molecule has 0 radical (unpaired) electrons. The summed E-state index contributed by atoms with van der Waals surface area (Å²) in [5, 5.41) is 12.3. The van der Waals surface area contributed by atoms with E-state index in [4.69, 9.17) is 0 Å². The van der Waals surface area contributed by atoms with E-state index in [1.807, 2.05) is 12.1 Å². The Kier molecular flexibility index (Phi) is 15.2. The zero-order valence-corrected chi connectivity index (χ0v) is 18.8. The normalized spacial score (nSPS) is 12.1. The summed E-state index contributed by atoms with van der Waals surface area (Å²) in [7, 11) is 0. The van der Waals surface area contributed by atoms with Gasteiger partial charge in [0.15, 0.2) is 6.04 Å². The molecule has 1 atom stereocenters. The lowest BCUT2D eigenvalue weighted by Gasteiger charge is -2.10. The second-order valence-electron chi connectivity index (χ2n) is 8.45. The molecule has 4 heteroatoms. The second-order valence-corrected chi connectivity index (χ2v) is 8.45. The van der Waals surface area contributed by atoms with Gasteiger partial charge < -0.3 is 16.2 Å². The Bertz CT molecular complexity index is 516. The molecular formula is C25H45N2O2+. The molecule has 0 unspecified atom stereocenters. The van der Waals surface area contributed by atoms with Crippen LogP contribution < -0.4 is 11.1 Å². The number of aromatic hydroxyl groups is 1. The van der Waals surface area contributed by atoms with Crippen LogP contribution in [0.1, 0.15) is 102 Å². The molecule has 29 heavy (non-hydrogen) atoms. The molecule has 1 amide bonds. The molecule has 0 heterocycles. The Morgan fingerprint density at radius 1 is 0.828 bits per heavy atom. The summed E-state index contributed by atoms with van der Waals surface area (Å²) in [5.74, 6) is 0.268. The third kappa shape index (κ3) is 14.1. The SMILES string of the molecule is CCCCCCCCCCCCCCCCNC(=O)[C@@H]([NH3+])Cc1ccc(O)cc1. The van der Waals surface area contributed by atoms with Gasteiger partial charge in [-0.1, -0.05) is 103 Å². The van der Waals surface area contributed by atoms with Gasteiger partial charge in [-0.2, -0.15) is 0 Å². The molecule has 0 aromatic heterocycles. The van der Waals surface area contributed by atoms with Crippen molar-refractivity contribution < 1.29 is 15.6 Å². The van der Waals surface area contributed by atoms with Crippen LogP contribution in [0, 0.1) is 0 Å². The first-order valence-corrected chi connectivity index (χ1v) is 12.0. The number of rotatable bonds is 18. The predicted molar refractivity (Wildman–Crippen MR) is 122 cm³/mol. The van der Waals surface area contributed by atoms with E-state index in [1.54, 1.807) is 12.1 Å². The molecule has 1 rings (SSSR count). The summed E-state index contributed by atoms with van der Waals surface area (Å²) in [5.41, 5.74) is 4.99. The summed E-state index contributed by atoms with van der Waals surface area (Å²) in [4.78, 5) is 12.1. The van der Waals surface area contributed by atoms with Crippen molar-refractivity contribution in [3.63, 3.8) is 0 Å². The molecule has 0 saturated heterocycles. The summed E-state index contributed by atoms with van der Waals surface area (Å²) >= 11 is 0. The van der Waals surface area contributed by atoms with E-state index in [1.165, 1.54) is 83.5 Å². The molecule has 0 bridgehead atoms. The van der Waals surface area contributed by atoms with Crippen LogP contribution in [0.5, 0.6) is 5.75 Å². The highest BCUT2D eigenvalue weighted by Crippen LogP contribution is 2.13. The van der Waals surface area contributed by atoms with Gasteiger partial charge in [0.1, 0.15) is 5.75 Å². The Balaban J connectivity index is 1.87. The first-order valence-electron chi connectivity index (χ1n) is 12.0. The van der Waals surface area contributed by atoms with Gasteiger partial charge >= 0.3 is 0 Å². The highest BCUT2D eigenvalue weighted by molar-refractivity contribution is 5.80. The minimum Gasteiger partial charge on any atom is -0.508 e. The topological polar surface area (TPSA) is 77.0 Å². The number of phenolic OH excluding ortho intramolecular Hbond substituents is 1. The fourth-order valence-electron chi connectivity index (χ4n) is 3.68. The van der Waals surface area contributed by atoms with Gasteiger partial charge in [0.25, 0.3) is 5.91 Å². The summed E-state index contributed by atoms with van der Waals surface area (Å²) in [6, 6.07) is 6.69. The number of phenols is 1. The van der Waals surface area contributed by atoms with Crippen LogP contribution in [0.25, 0.3) is 0 Å². The number of carbonyl (C=O) groups is 1. The van der Waals surface area contributed by atoms with Crippen molar-refractivity contribution in [2.45, 2.75) is 109 Å². The van der Waals surface area contributed by atoms with E-state index in [2.05, 4.69) is 18.0 Å². The smallest absolute Gasteiger partial charge is 0.278 e. The highest BCUT2D eigenvalue weighted by atomic mass is 16.3. The molecule has 5 N–H and O–H groups in total. The van der Waals surface area contributed by atoms with Crippen molar-refractivity contribution in [3.8, 4) is 5.75 Å². The maximum atomic E-state index is 12.1. The third-order valence-corrected chi connectivity index (χ3v) is 5.62. The van der Waals surface area contributed by atoms with Gasteiger partial charge in [0.05, 0.1) is 0 Å². The minimum atomic E-state index is -0.286. The van der Waals surface area contributed by atoms with Gasteiger partial charge in [-0.3, -0.25) is 4.79 Å². The fourth-order valence-corrected chi connectivity index (χ4v) is 3.68. The number of carbonyl (C=O) groups excluding carboxylic acids is 1. The van der Waals surface area contributed by atoms with E-state index in [-0.39, 0.29) is 17.7 Å². The Hall–Kier alpha value is -1.55. The number of hydrogen-bond acceptors (Lipinski definition) is 2. The molecule has 1 aromatic rings. The number of amides is 1. The molecule has 0 aliphatic heterocycles. The number of unbranched alkanes of at least 4 members (excludes halogenated alkanes) is 13. The van der Waals surface area contributed by atoms with Crippen LogP contribution in [0.15, 0.2) is 24.3 Å². The van der Waals surface area contributed by atoms with Crippen molar-refractivity contribution >= 4 is 5.91 Å². The van der Waals surface area contributed by atoms with Crippen LogP contribution >= 0.6 is 0 Å². The van der Waals surface area contributed by atoms with Crippen molar-refractivity contribution in [1.82, 2.24) is 5.32 Å². The lowest BCUT2D eigenvalue weighted by Crippen LogP contribution is -2.68. The average molecular weight is 406 g/mol. The maximum absolute atomic E-state index is 12.1. The van der Waals surface area contributed by atoms with E-state index in [0.29, 0.717) is 6.42 Å². The Labute approximate surface area is 178 Å². The average Bonchev–Trinajstić information content (AvgIpc) is 2.72. The molecule has 0 aliphatic rings. The monoisotopic (exact) mass is 405 g/mol. The number of quaternary nitrogens is 1. The lowest BCUT2D eigenvalue weighted by atomic mass is 10.0. The van der Waals surface area contributed by atoms with Crippen LogP contribution in [0.2, 0.25) is 0 Å². The molecule has 0 spiro atoms. The largest absolute Gasteiger partial charge is 0.508 e. The molecule has 0 fully saturated rings. The number of nitrogens with one attached hydrogen (secondary N) is 1. The molecular weight excluding hydrogens is 360 g/mol. The Morgan fingerprint density at radius 3 is 1.76 bits per heavy atom. The van der Waals surface area contributed by atoms with E-state index in [9.17, 15) is 9.90 Å². The first-order chi connectivity index (χ1) is 14.1. The summed E-state index contributed by atoms with van der Waals surface area (Å²) < 4.78 is 0. The first kappa shape index (κ1) is 25.5. The van der Waals surface area contributed by atoms with Gasteiger partial charge in [-0.05, 0) is 24.1 Å². The third-order valence-electron chi connectivity index (χ3n) is 5.62. The molecule has 0 saturated carbocycles. The van der Waals surface area contributed by atoms with Crippen molar-refractivity contribution in [2.24, 2.45) is 0 Å². The van der Waals surface area contributed by atoms with E-state index < -0.39 is 0 Å². The maximum Gasteiger partial charge on any atom is 0.278 e. The molecule has 4 nitrogen and oxygen atoms in total. The zero-order valence-electron chi connectivity index (χ0n) is 18.8. The number of hydrogen-bond donors (Lipinski definition) is 3. The van der Waals surface area contributed by atoms with Crippen molar-refractivity contribution in [1.29, 1.82) is 0 Å². The van der Waals surface area contributed by atoms with Gasteiger partial charge in [0.2, 0.25) is 0 Å². The fraction of sp³-hybridized carbons (Fsp3) is 0.720. The second kappa shape index (κ2) is 17.3. The predicted octanol–water partition coefficient (Wildman–Crippen LogP) is 5.14.